The Balaban J connectivity index is 0.000000531. The Morgan fingerprint density at radius 2 is 1.93 bits per heavy atom. The van der Waals surface area contributed by atoms with Crippen LogP contribution < -0.4 is 0 Å². The van der Waals surface area contributed by atoms with Gasteiger partial charge in [0.15, 0.2) is 0 Å². The second kappa shape index (κ2) is 5.50. The molecule has 0 spiro atoms. The highest BCUT2D eigenvalue weighted by atomic mass is 35.5. The molecular formula is C13H20ClN. The van der Waals surface area contributed by atoms with Crippen LogP contribution in [0.1, 0.15) is 56.9 Å². The molecule has 15 heavy (non-hydrogen) atoms. The fraction of sp³-hybridized carbons (Fsp3) is 0.615. The molecule has 1 nitrogen and oxygen atoms in total. The number of hydrogen-bond acceptors (Lipinski definition) is 1. The normalized spacial score (nSPS) is 13.5. The van der Waals surface area contributed by atoms with Crippen molar-refractivity contribution < 1.29 is 0 Å². The molecule has 84 valence electrons. The Morgan fingerprint density at radius 1 is 1.27 bits per heavy atom. The molecule has 0 atom stereocenters. The Kier molecular flexibility index (Phi) is 4.59. The minimum absolute atomic E-state index is 0.516. The molecule has 2 rings (SSSR count). The van der Waals surface area contributed by atoms with Crippen LogP contribution in [0.4, 0.5) is 0 Å². The maximum absolute atomic E-state index is 6.14. The number of halogens is 1. The Bertz CT molecular complexity index is 332. The SMILES string of the molecule is CC.CC(C)c1c(Cl)cnc2c1CCC2. The van der Waals surface area contributed by atoms with E-state index in [1.807, 2.05) is 13.8 Å². The van der Waals surface area contributed by atoms with E-state index in [1.165, 1.54) is 23.2 Å². The lowest BCUT2D eigenvalue weighted by atomic mass is 9.97. The van der Waals surface area contributed by atoms with Gasteiger partial charge in [0.1, 0.15) is 0 Å². The van der Waals surface area contributed by atoms with Crippen molar-refractivity contribution in [3.8, 4) is 0 Å². The van der Waals surface area contributed by atoms with Gasteiger partial charge in [0.2, 0.25) is 0 Å². The zero-order valence-corrected chi connectivity index (χ0v) is 10.9. The van der Waals surface area contributed by atoms with Crippen molar-refractivity contribution in [1.29, 1.82) is 0 Å². The van der Waals surface area contributed by atoms with E-state index >= 15 is 0 Å². The highest BCUT2D eigenvalue weighted by Crippen LogP contribution is 2.33. The lowest BCUT2D eigenvalue weighted by molar-refractivity contribution is 0.837. The van der Waals surface area contributed by atoms with Crippen LogP contribution >= 0.6 is 11.6 Å². The number of fused-ring (bicyclic) bond motifs is 1. The van der Waals surface area contributed by atoms with E-state index in [2.05, 4.69) is 18.8 Å². The molecule has 1 aliphatic rings. The molecule has 0 unspecified atom stereocenters. The number of rotatable bonds is 1. The van der Waals surface area contributed by atoms with Gasteiger partial charge in [0.25, 0.3) is 0 Å². The van der Waals surface area contributed by atoms with Gasteiger partial charge >= 0.3 is 0 Å². The van der Waals surface area contributed by atoms with E-state index in [0.29, 0.717) is 5.92 Å². The summed E-state index contributed by atoms with van der Waals surface area (Å²) in [5, 5.41) is 0.843. The third-order valence-electron chi connectivity index (χ3n) is 2.68. The van der Waals surface area contributed by atoms with E-state index in [-0.39, 0.29) is 0 Å². The van der Waals surface area contributed by atoms with Gasteiger partial charge in [-0.15, -0.1) is 0 Å². The predicted octanol–water partition coefficient (Wildman–Crippen LogP) is 4.37. The van der Waals surface area contributed by atoms with Gasteiger partial charge in [0, 0.05) is 11.9 Å². The quantitative estimate of drug-likeness (QED) is 0.692. The number of nitrogens with zero attached hydrogens (tertiary/aromatic N) is 1. The van der Waals surface area contributed by atoms with E-state index in [4.69, 9.17) is 11.6 Å². The van der Waals surface area contributed by atoms with Gasteiger partial charge in [-0.25, -0.2) is 0 Å². The average Bonchev–Trinajstić information content (AvgIpc) is 2.67. The van der Waals surface area contributed by atoms with Crippen LogP contribution in [0, 0.1) is 0 Å². The summed E-state index contributed by atoms with van der Waals surface area (Å²) in [5.41, 5.74) is 4.01. The second-order valence-electron chi connectivity index (χ2n) is 3.95. The van der Waals surface area contributed by atoms with Crippen LogP contribution in [-0.4, -0.2) is 4.98 Å². The molecule has 2 heteroatoms. The molecule has 0 aromatic carbocycles. The molecule has 0 N–H and O–H groups in total. The second-order valence-corrected chi connectivity index (χ2v) is 4.36. The molecule has 1 aromatic heterocycles. The Hall–Kier alpha value is -0.560. The van der Waals surface area contributed by atoms with Gasteiger partial charge < -0.3 is 0 Å². The lowest BCUT2D eigenvalue weighted by Crippen LogP contribution is -1.99. The summed E-state index contributed by atoms with van der Waals surface area (Å²) in [4.78, 5) is 4.37. The van der Waals surface area contributed by atoms with Crippen LogP contribution in [0.3, 0.4) is 0 Å². The first kappa shape index (κ1) is 12.5. The van der Waals surface area contributed by atoms with Gasteiger partial charge in [-0.05, 0) is 36.3 Å². The van der Waals surface area contributed by atoms with Gasteiger partial charge in [-0.3, -0.25) is 4.98 Å². The Morgan fingerprint density at radius 3 is 2.53 bits per heavy atom. The number of pyridine rings is 1. The summed E-state index contributed by atoms with van der Waals surface area (Å²) in [7, 11) is 0. The summed E-state index contributed by atoms with van der Waals surface area (Å²) in [6.45, 7) is 8.39. The van der Waals surface area contributed by atoms with Crippen molar-refractivity contribution in [1.82, 2.24) is 4.98 Å². The third-order valence-corrected chi connectivity index (χ3v) is 2.98. The highest BCUT2D eigenvalue weighted by Gasteiger charge is 2.19. The first-order chi connectivity index (χ1) is 7.20. The van der Waals surface area contributed by atoms with Crippen molar-refractivity contribution in [2.45, 2.75) is 52.9 Å². The summed E-state index contributed by atoms with van der Waals surface area (Å²) in [6, 6.07) is 0. The minimum atomic E-state index is 0.516. The summed E-state index contributed by atoms with van der Waals surface area (Å²) in [5.74, 6) is 0.516. The fourth-order valence-electron chi connectivity index (χ4n) is 2.13. The molecule has 1 aliphatic carbocycles. The van der Waals surface area contributed by atoms with Crippen molar-refractivity contribution in [2.24, 2.45) is 0 Å². The number of hydrogen-bond donors (Lipinski definition) is 0. The zero-order chi connectivity index (χ0) is 11.4. The van der Waals surface area contributed by atoms with Crippen LogP contribution in [0.2, 0.25) is 5.02 Å². The summed E-state index contributed by atoms with van der Waals surface area (Å²) < 4.78 is 0. The largest absolute Gasteiger partial charge is 0.259 e. The van der Waals surface area contributed by atoms with Crippen LogP contribution in [0.25, 0.3) is 0 Å². The number of aromatic nitrogens is 1. The van der Waals surface area contributed by atoms with E-state index in [0.717, 1.165) is 17.9 Å². The molecule has 1 heterocycles. The molecule has 0 aliphatic heterocycles. The van der Waals surface area contributed by atoms with Crippen molar-refractivity contribution >= 4 is 11.6 Å². The maximum Gasteiger partial charge on any atom is 0.0626 e. The molecule has 1 aromatic rings. The zero-order valence-electron chi connectivity index (χ0n) is 10.1. The number of aryl methyl sites for hydroxylation is 1. The van der Waals surface area contributed by atoms with Gasteiger partial charge in [-0.1, -0.05) is 39.3 Å². The van der Waals surface area contributed by atoms with Crippen LogP contribution in [0.5, 0.6) is 0 Å². The first-order valence-electron chi connectivity index (χ1n) is 5.86. The predicted molar refractivity (Wildman–Crippen MR) is 66.7 cm³/mol. The van der Waals surface area contributed by atoms with Crippen LogP contribution in [0.15, 0.2) is 6.20 Å². The Labute approximate surface area is 97.9 Å². The first-order valence-corrected chi connectivity index (χ1v) is 6.24. The van der Waals surface area contributed by atoms with E-state index in [1.54, 1.807) is 6.20 Å². The lowest BCUT2D eigenvalue weighted by Gasteiger charge is -2.12. The molecule has 0 saturated carbocycles. The van der Waals surface area contributed by atoms with Crippen molar-refractivity contribution in [2.75, 3.05) is 0 Å². The average molecular weight is 226 g/mol. The molecule has 0 saturated heterocycles. The highest BCUT2D eigenvalue weighted by molar-refractivity contribution is 6.31. The van der Waals surface area contributed by atoms with Gasteiger partial charge in [-0.2, -0.15) is 0 Å². The van der Waals surface area contributed by atoms with E-state index < -0.39 is 0 Å². The molecule has 0 amide bonds. The smallest absolute Gasteiger partial charge is 0.0626 e. The van der Waals surface area contributed by atoms with E-state index in [9.17, 15) is 0 Å². The summed E-state index contributed by atoms with van der Waals surface area (Å²) >= 11 is 6.14. The minimum Gasteiger partial charge on any atom is -0.259 e. The topological polar surface area (TPSA) is 12.9 Å². The van der Waals surface area contributed by atoms with Crippen molar-refractivity contribution in [3.63, 3.8) is 0 Å². The van der Waals surface area contributed by atoms with Crippen LogP contribution in [-0.2, 0) is 12.8 Å². The standard InChI is InChI=1S/C11H14ClN.C2H6/c1-7(2)11-8-4-3-5-10(8)13-6-9(11)12;1-2/h6-7H,3-5H2,1-2H3;1-2H3. The molecule has 0 radical (unpaired) electrons. The fourth-order valence-corrected chi connectivity index (χ4v) is 2.51. The molecular weight excluding hydrogens is 206 g/mol. The monoisotopic (exact) mass is 225 g/mol. The third kappa shape index (κ3) is 2.52. The molecule has 0 bridgehead atoms. The maximum atomic E-state index is 6.14. The summed E-state index contributed by atoms with van der Waals surface area (Å²) in [6.07, 6.45) is 5.34. The molecule has 0 fully saturated rings. The van der Waals surface area contributed by atoms with Gasteiger partial charge in [0.05, 0.1) is 5.02 Å². The van der Waals surface area contributed by atoms with Crippen molar-refractivity contribution in [3.05, 3.63) is 28.0 Å².